The molecule has 0 fully saturated rings. The Kier molecular flexibility index (Phi) is 4.17. The van der Waals surface area contributed by atoms with E-state index >= 15 is 0 Å². The van der Waals surface area contributed by atoms with Gasteiger partial charge in [0.1, 0.15) is 5.82 Å². The molecule has 0 radical (unpaired) electrons. The minimum absolute atomic E-state index is 0.0264. The fraction of sp³-hybridized carbons (Fsp3) is 0.400. The van der Waals surface area contributed by atoms with Gasteiger partial charge in [0, 0.05) is 36.2 Å². The van der Waals surface area contributed by atoms with E-state index in [1.54, 1.807) is 6.20 Å². The van der Waals surface area contributed by atoms with E-state index in [0.29, 0.717) is 12.5 Å². The lowest BCUT2D eigenvalue weighted by molar-refractivity contribution is 0.630. The summed E-state index contributed by atoms with van der Waals surface area (Å²) in [4.78, 5) is 13.0. The molecule has 0 saturated heterocycles. The predicted octanol–water partition coefficient (Wildman–Crippen LogP) is 3.00. The van der Waals surface area contributed by atoms with Crippen molar-refractivity contribution in [1.29, 1.82) is 0 Å². The van der Waals surface area contributed by atoms with Crippen molar-refractivity contribution in [2.75, 3.05) is 10.6 Å². The van der Waals surface area contributed by atoms with Crippen molar-refractivity contribution in [3.05, 3.63) is 41.9 Å². The molecule has 5 heteroatoms. The predicted molar refractivity (Wildman–Crippen MR) is 81.7 cm³/mol. The maximum Gasteiger partial charge on any atom is 0.225 e. The molecular weight excluding hydrogens is 250 g/mol. The van der Waals surface area contributed by atoms with E-state index < -0.39 is 0 Å². The molecule has 2 heterocycles. The summed E-state index contributed by atoms with van der Waals surface area (Å²) in [6.07, 6.45) is 3.59. The molecule has 0 aliphatic heterocycles. The normalized spacial score (nSPS) is 11.2. The van der Waals surface area contributed by atoms with Gasteiger partial charge < -0.3 is 10.6 Å². The van der Waals surface area contributed by atoms with Crippen LogP contribution >= 0.6 is 0 Å². The Balaban J connectivity index is 2.08. The van der Waals surface area contributed by atoms with Crippen molar-refractivity contribution < 1.29 is 0 Å². The van der Waals surface area contributed by atoms with Gasteiger partial charge in [-0.3, -0.25) is 4.98 Å². The number of aromatic nitrogens is 3. The molecule has 2 rings (SSSR count). The van der Waals surface area contributed by atoms with E-state index in [2.05, 4.69) is 46.4 Å². The standard InChI is InChI=1S/C15H21N5/c1-11-8-13(20-15(2,3)4)19-14(18-11)17-10-12-6-5-7-16-9-12/h5-9H,10H2,1-4H3,(H2,17,18,19,20). The minimum atomic E-state index is -0.0264. The third-order valence-corrected chi connectivity index (χ3v) is 2.53. The molecule has 106 valence electrons. The van der Waals surface area contributed by atoms with Gasteiger partial charge in [-0.15, -0.1) is 0 Å². The molecule has 0 aromatic carbocycles. The number of nitrogens with zero attached hydrogens (tertiary/aromatic N) is 3. The Labute approximate surface area is 119 Å². The van der Waals surface area contributed by atoms with Crippen molar-refractivity contribution in [3.63, 3.8) is 0 Å². The second kappa shape index (κ2) is 5.86. The molecule has 0 saturated carbocycles. The smallest absolute Gasteiger partial charge is 0.225 e. The fourth-order valence-electron chi connectivity index (χ4n) is 1.78. The molecular formula is C15H21N5. The van der Waals surface area contributed by atoms with Gasteiger partial charge in [0.05, 0.1) is 0 Å². The third kappa shape index (κ3) is 4.50. The summed E-state index contributed by atoms with van der Waals surface area (Å²) in [5.41, 5.74) is 2.00. The van der Waals surface area contributed by atoms with Gasteiger partial charge in [0.15, 0.2) is 0 Å². The molecule has 2 aromatic rings. The van der Waals surface area contributed by atoms with E-state index in [4.69, 9.17) is 0 Å². The Morgan fingerprint density at radius 1 is 1.20 bits per heavy atom. The molecule has 0 amide bonds. The van der Waals surface area contributed by atoms with Crippen LogP contribution < -0.4 is 10.6 Å². The summed E-state index contributed by atoms with van der Waals surface area (Å²) in [7, 11) is 0. The van der Waals surface area contributed by atoms with Crippen LogP contribution in [0.3, 0.4) is 0 Å². The van der Waals surface area contributed by atoms with Crippen LogP contribution in [0.25, 0.3) is 0 Å². The summed E-state index contributed by atoms with van der Waals surface area (Å²) in [5.74, 6) is 1.46. The molecule has 0 spiro atoms. The van der Waals surface area contributed by atoms with Gasteiger partial charge in [0.25, 0.3) is 0 Å². The van der Waals surface area contributed by atoms with Crippen LogP contribution in [-0.2, 0) is 6.54 Å². The Morgan fingerprint density at radius 2 is 2.00 bits per heavy atom. The van der Waals surface area contributed by atoms with Gasteiger partial charge in [-0.25, -0.2) is 4.98 Å². The first-order valence-electron chi connectivity index (χ1n) is 6.69. The number of rotatable bonds is 4. The van der Waals surface area contributed by atoms with Crippen LogP contribution in [0, 0.1) is 6.92 Å². The first-order valence-corrected chi connectivity index (χ1v) is 6.69. The molecule has 0 atom stereocenters. The Bertz CT molecular complexity index is 560. The summed E-state index contributed by atoms with van der Waals surface area (Å²) >= 11 is 0. The first kappa shape index (κ1) is 14.2. The molecule has 20 heavy (non-hydrogen) atoms. The summed E-state index contributed by atoms with van der Waals surface area (Å²) in [5, 5.41) is 6.58. The monoisotopic (exact) mass is 271 g/mol. The quantitative estimate of drug-likeness (QED) is 0.895. The van der Waals surface area contributed by atoms with Crippen LogP contribution in [0.15, 0.2) is 30.6 Å². The number of anilines is 2. The number of aryl methyl sites for hydroxylation is 1. The maximum atomic E-state index is 4.48. The third-order valence-electron chi connectivity index (χ3n) is 2.53. The van der Waals surface area contributed by atoms with Crippen LogP contribution in [0.1, 0.15) is 32.0 Å². The molecule has 0 unspecified atom stereocenters. The van der Waals surface area contributed by atoms with Crippen LogP contribution in [0.4, 0.5) is 11.8 Å². The highest BCUT2D eigenvalue weighted by molar-refractivity contribution is 5.43. The highest BCUT2D eigenvalue weighted by atomic mass is 15.2. The second-order valence-electron chi connectivity index (χ2n) is 5.81. The summed E-state index contributed by atoms with van der Waals surface area (Å²) in [6.45, 7) is 8.94. The lowest BCUT2D eigenvalue weighted by atomic mass is 10.1. The van der Waals surface area contributed by atoms with Gasteiger partial charge >= 0.3 is 0 Å². The number of hydrogen-bond acceptors (Lipinski definition) is 5. The van der Waals surface area contributed by atoms with Gasteiger partial charge in [-0.05, 0) is 39.3 Å². The number of hydrogen-bond donors (Lipinski definition) is 2. The van der Waals surface area contributed by atoms with E-state index in [0.717, 1.165) is 17.1 Å². The zero-order valence-corrected chi connectivity index (χ0v) is 12.4. The largest absolute Gasteiger partial charge is 0.365 e. The van der Waals surface area contributed by atoms with Crippen molar-refractivity contribution in [2.24, 2.45) is 0 Å². The molecule has 0 aliphatic rings. The number of nitrogens with one attached hydrogen (secondary N) is 2. The van der Waals surface area contributed by atoms with Gasteiger partial charge in [0.2, 0.25) is 5.95 Å². The summed E-state index contributed by atoms with van der Waals surface area (Å²) in [6, 6.07) is 5.88. The van der Waals surface area contributed by atoms with E-state index in [1.807, 2.05) is 31.3 Å². The maximum absolute atomic E-state index is 4.48. The highest BCUT2D eigenvalue weighted by Crippen LogP contribution is 2.15. The molecule has 0 aliphatic carbocycles. The molecule has 2 N–H and O–H groups in total. The Hall–Kier alpha value is -2.17. The van der Waals surface area contributed by atoms with Gasteiger partial charge in [-0.2, -0.15) is 4.98 Å². The van der Waals surface area contributed by atoms with Crippen LogP contribution in [-0.4, -0.2) is 20.5 Å². The fourth-order valence-corrected chi connectivity index (χ4v) is 1.78. The SMILES string of the molecule is Cc1cc(NC(C)(C)C)nc(NCc2cccnc2)n1. The van der Waals surface area contributed by atoms with Gasteiger partial charge in [-0.1, -0.05) is 6.07 Å². The Morgan fingerprint density at radius 3 is 2.65 bits per heavy atom. The first-order chi connectivity index (χ1) is 9.42. The van der Waals surface area contributed by atoms with Crippen molar-refractivity contribution in [3.8, 4) is 0 Å². The van der Waals surface area contributed by atoms with Crippen LogP contribution in [0.5, 0.6) is 0 Å². The average molecular weight is 271 g/mol. The zero-order chi connectivity index (χ0) is 14.6. The van der Waals surface area contributed by atoms with Crippen molar-refractivity contribution >= 4 is 11.8 Å². The molecule has 0 bridgehead atoms. The van der Waals surface area contributed by atoms with Crippen molar-refractivity contribution in [1.82, 2.24) is 15.0 Å². The topological polar surface area (TPSA) is 62.7 Å². The van der Waals surface area contributed by atoms with Crippen molar-refractivity contribution in [2.45, 2.75) is 39.8 Å². The lowest BCUT2D eigenvalue weighted by Crippen LogP contribution is -2.27. The zero-order valence-electron chi connectivity index (χ0n) is 12.4. The number of pyridine rings is 1. The molecule has 5 nitrogen and oxygen atoms in total. The van der Waals surface area contributed by atoms with E-state index in [-0.39, 0.29) is 5.54 Å². The van der Waals surface area contributed by atoms with Crippen LogP contribution in [0.2, 0.25) is 0 Å². The molecule has 2 aromatic heterocycles. The summed E-state index contributed by atoms with van der Waals surface area (Å²) < 4.78 is 0. The highest BCUT2D eigenvalue weighted by Gasteiger charge is 2.11. The van der Waals surface area contributed by atoms with E-state index in [9.17, 15) is 0 Å². The second-order valence-corrected chi connectivity index (χ2v) is 5.81. The van der Waals surface area contributed by atoms with E-state index in [1.165, 1.54) is 0 Å². The average Bonchev–Trinajstić information content (AvgIpc) is 2.35. The lowest BCUT2D eigenvalue weighted by Gasteiger charge is -2.21. The minimum Gasteiger partial charge on any atom is -0.365 e.